The Bertz CT molecular complexity index is 1020. The molecule has 3 rings (SSSR count). The normalized spacial score (nSPS) is 11.1. The maximum atomic E-state index is 10.8. The molecule has 0 fully saturated rings. The van der Waals surface area contributed by atoms with Crippen LogP contribution >= 0.6 is 0 Å². The van der Waals surface area contributed by atoms with Crippen molar-refractivity contribution in [2.75, 3.05) is 11.4 Å². The first-order valence-corrected chi connectivity index (χ1v) is 12.3. The lowest BCUT2D eigenvalue weighted by Crippen LogP contribution is -2.18. The summed E-state index contributed by atoms with van der Waals surface area (Å²) in [6, 6.07) is 24.6. The predicted octanol–water partition coefficient (Wildman–Crippen LogP) is 9.29. The standard InChI is InChI=1S/C28H34N4O2/c1-2-3-4-5-6-7-8-12-23-31(26-13-10-9-11-14-26)27-19-15-24(16-20-27)29-30-25-17-21-28(22-18-25)32(33)34/h9-11,13-22H,2-8,12,23H2,1H3. The number of hydrogen-bond donors (Lipinski definition) is 0. The fourth-order valence-corrected chi connectivity index (χ4v) is 3.87. The van der Waals surface area contributed by atoms with E-state index in [0.717, 1.165) is 24.3 Å². The average molecular weight is 459 g/mol. The van der Waals surface area contributed by atoms with Crippen LogP contribution in [0, 0.1) is 10.1 Å². The summed E-state index contributed by atoms with van der Waals surface area (Å²) < 4.78 is 0. The topological polar surface area (TPSA) is 71.1 Å². The smallest absolute Gasteiger partial charge is 0.269 e. The molecule has 3 aromatic carbocycles. The molecule has 0 aliphatic heterocycles. The van der Waals surface area contributed by atoms with Crippen LogP contribution in [0.15, 0.2) is 89.1 Å². The molecule has 0 aromatic heterocycles. The number of benzene rings is 3. The van der Waals surface area contributed by atoms with Crippen LogP contribution in [0.1, 0.15) is 58.3 Å². The van der Waals surface area contributed by atoms with Crippen LogP contribution in [0.2, 0.25) is 0 Å². The van der Waals surface area contributed by atoms with Crippen molar-refractivity contribution in [3.63, 3.8) is 0 Å². The van der Waals surface area contributed by atoms with E-state index in [1.165, 1.54) is 62.8 Å². The van der Waals surface area contributed by atoms with Crippen LogP contribution < -0.4 is 4.90 Å². The number of nitro groups is 1. The number of azo groups is 1. The zero-order valence-corrected chi connectivity index (χ0v) is 20.0. The van der Waals surface area contributed by atoms with E-state index in [4.69, 9.17) is 0 Å². The SMILES string of the molecule is CCCCCCCCCCN(c1ccccc1)c1ccc(N=Nc2ccc([N+](=O)[O-])cc2)cc1. The van der Waals surface area contributed by atoms with Crippen LogP contribution in [0.25, 0.3) is 0 Å². The maximum absolute atomic E-state index is 10.8. The Morgan fingerprint density at radius 2 is 1.18 bits per heavy atom. The Balaban J connectivity index is 1.59. The highest BCUT2D eigenvalue weighted by atomic mass is 16.6. The first-order chi connectivity index (χ1) is 16.7. The van der Waals surface area contributed by atoms with Crippen molar-refractivity contribution in [3.8, 4) is 0 Å². The van der Waals surface area contributed by atoms with Gasteiger partial charge >= 0.3 is 0 Å². The van der Waals surface area contributed by atoms with Crippen LogP contribution in [0.4, 0.5) is 28.4 Å². The molecule has 0 N–H and O–H groups in total. The summed E-state index contributed by atoms with van der Waals surface area (Å²) in [5.74, 6) is 0. The molecule has 0 radical (unpaired) electrons. The van der Waals surface area contributed by atoms with Crippen molar-refractivity contribution >= 4 is 28.4 Å². The lowest BCUT2D eigenvalue weighted by Gasteiger charge is -2.25. The number of rotatable bonds is 14. The third-order valence-corrected chi connectivity index (χ3v) is 5.81. The number of hydrogen-bond acceptors (Lipinski definition) is 5. The predicted molar refractivity (Wildman–Crippen MR) is 140 cm³/mol. The quantitative estimate of drug-likeness (QED) is 0.105. The van der Waals surface area contributed by atoms with E-state index in [1.807, 2.05) is 18.2 Å². The van der Waals surface area contributed by atoms with Gasteiger partial charge in [-0.2, -0.15) is 10.2 Å². The lowest BCUT2D eigenvalue weighted by atomic mass is 10.1. The number of non-ortho nitro benzene ring substituents is 1. The average Bonchev–Trinajstić information content (AvgIpc) is 2.88. The van der Waals surface area contributed by atoms with Gasteiger partial charge in [-0.15, -0.1) is 0 Å². The van der Waals surface area contributed by atoms with E-state index in [-0.39, 0.29) is 5.69 Å². The highest BCUT2D eigenvalue weighted by Gasteiger charge is 2.09. The summed E-state index contributed by atoms with van der Waals surface area (Å²) in [5, 5.41) is 19.2. The van der Waals surface area contributed by atoms with Crippen molar-refractivity contribution in [3.05, 3.63) is 89.0 Å². The largest absolute Gasteiger partial charge is 0.341 e. The molecule has 34 heavy (non-hydrogen) atoms. The zero-order chi connectivity index (χ0) is 24.0. The summed E-state index contributed by atoms with van der Waals surface area (Å²) in [7, 11) is 0. The summed E-state index contributed by atoms with van der Waals surface area (Å²) in [6.07, 6.45) is 10.4. The Labute approximate surface area is 202 Å². The van der Waals surface area contributed by atoms with Crippen molar-refractivity contribution in [1.82, 2.24) is 0 Å². The van der Waals surface area contributed by atoms with Crippen molar-refractivity contribution in [2.45, 2.75) is 58.3 Å². The van der Waals surface area contributed by atoms with Gasteiger partial charge < -0.3 is 4.90 Å². The molecule has 0 saturated carbocycles. The third-order valence-electron chi connectivity index (χ3n) is 5.81. The van der Waals surface area contributed by atoms with Crippen molar-refractivity contribution in [2.24, 2.45) is 10.2 Å². The number of nitrogens with zero attached hydrogens (tertiary/aromatic N) is 4. The van der Waals surface area contributed by atoms with Crippen molar-refractivity contribution < 1.29 is 4.92 Å². The maximum Gasteiger partial charge on any atom is 0.269 e. The van der Waals surface area contributed by atoms with Crippen LogP contribution in [0.3, 0.4) is 0 Å². The second-order valence-electron chi connectivity index (χ2n) is 8.45. The van der Waals surface area contributed by atoms with E-state index in [9.17, 15) is 10.1 Å². The van der Waals surface area contributed by atoms with Crippen LogP contribution in [0.5, 0.6) is 0 Å². The minimum Gasteiger partial charge on any atom is -0.341 e. The number of para-hydroxylation sites is 1. The molecule has 0 saturated heterocycles. The molecule has 0 spiro atoms. The van der Waals surface area contributed by atoms with E-state index in [1.54, 1.807) is 12.1 Å². The van der Waals surface area contributed by atoms with Crippen molar-refractivity contribution in [1.29, 1.82) is 0 Å². The summed E-state index contributed by atoms with van der Waals surface area (Å²) in [6.45, 7) is 3.23. The fraction of sp³-hybridized carbons (Fsp3) is 0.357. The monoisotopic (exact) mass is 458 g/mol. The number of nitro benzene ring substituents is 1. The molecule has 178 valence electrons. The minimum atomic E-state index is -0.425. The number of anilines is 2. The summed E-state index contributed by atoms with van der Waals surface area (Å²) in [4.78, 5) is 12.7. The molecule has 3 aromatic rings. The van der Waals surface area contributed by atoms with Gasteiger partial charge in [-0.25, -0.2) is 0 Å². The first-order valence-electron chi connectivity index (χ1n) is 12.3. The van der Waals surface area contributed by atoms with Gasteiger partial charge in [-0.3, -0.25) is 10.1 Å². The molecular weight excluding hydrogens is 424 g/mol. The molecule has 6 nitrogen and oxygen atoms in total. The van der Waals surface area contributed by atoms with Crippen LogP contribution in [-0.2, 0) is 0 Å². The fourth-order valence-electron chi connectivity index (χ4n) is 3.87. The van der Waals surface area contributed by atoms with Crippen LogP contribution in [-0.4, -0.2) is 11.5 Å². The lowest BCUT2D eigenvalue weighted by molar-refractivity contribution is -0.384. The summed E-state index contributed by atoms with van der Waals surface area (Å²) in [5.41, 5.74) is 3.67. The van der Waals surface area contributed by atoms with E-state index in [0.29, 0.717) is 5.69 Å². The second kappa shape index (κ2) is 13.9. The van der Waals surface area contributed by atoms with Gasteiger partial charge in [0.1, 0.15) is 0 Å². The van der Waals surface area contributed by atoms with Gasteiger partial charge in [0.05, 0.1) is 16.3 Å². The molecule has 0 amide bonds. The Morgan fingerprint density at radius 3 is 1.74 bits per heavy atom. The van der Waals surface area contributed by atoms with E-state index < -0.39 is 4.92 Å². The molecule has 0 atom stereocenters. The number of unbranched alkanes of at least 4 members (excludes halogenated alkanes) is 7. The Morgan fingerprint density at radius 1 is 0.676 bits per heavy atom. The van der Waals surface area contributed by atoms with E-state index in [2.05, 4.69) is 58.5 Å². The molecule has 6 heteroatoms. The highest BCUT2D eigenvalue weighted by Crippen LogP contribution is 2.29. The first kappa shape index (κ1) is 25.1. The molecular formula is C28H34N4O2. The minimum absolute atomic E-state index is 0.0424. The highest BCUT2D eigenvalue weighted by molar-refractivity contribution is 5.64. The Kier molecular flexibility index (Phi) is 10.2. The molecule has 0 aliphatic carbocycles. The van der Waals surface area contributed by atoms with Gasteiger partial charge in [0, 0.05) is 30.1 Å². The second-order valence-corrected chi connectivity index (χ2v) is 8.45. The van der Waals surface area contributed by atoms with Gasteiger partial charge in [0.2, 0.25) is 0 Å². The molecule has 0 bridgehead atoms. The third kappa shape index (κ3) is 8.10. The Hall–Kier alpha value is -3.54. The summed E-state index contributed by atoms with van der Waals surface area (Å²) >= 11 is 0. The molecule has 0 aliphatic rings. The molecule has 0 unspecified atom stereocenters. The molecule has 0 heterocycles. The van der Waals surface area contributed by atoms with Gasteiger partial charge in [-0.05, 0) is 55.0 Å². The zero-order valence-electron chi connectivity index (χ0n) is 20.0. The van der Waals surface area contributed by atoms with Gasteiger partial charge in [-0.1, -0.05) is 70.1 Å². The van der Waals surface area contributed by atoms with Gasteiger partial charge in [0.25, 0.3) is 5.69 Å². The van der Waals surface area contributed by atoms with Gasteiger partial charge in [0.15, 0.2) is 0 Å². The van der Waals surface area contributed by atoms with E-state index >= 15 is 0 Å².